The SMILES string of the molecule is CN(c1cccc(NC(=O)COc2ccc3ccccc3c2)c1)S(C)(=O)=O. The van der Waals surface area contributed by atoms with Crippen molar-refractivity contribution in [3.8, 4) is 5.75 Å². The number of carbonyl (C=O) groups is 1. The lowest BCUT2D eigenvalue weighted by Gasteiger charge is -2.17. The molecule has 3 aromatic carbocycles. The maximum atomic E-state index is 12.2. The summed E-state index contributed by atoms with van der Waals surface area (Å²) in [6.07, 6.45) is 1.12. The van der Waals surface area contributed by atoms with Crippen LogP contribution in [0.15, 0.2) is 66.7 Å². The molecule has 3 rings (SSSR count). The Morgan fingerprint density at radius 1 is 1.00 bits per heavy atom. The molecule has 0 fully saturated rings. The number of hydrogen-bond acceptors (Lipinski definition) is 4. The molecule has 0 heterocycles. The lowest BCUT2D eigenvalue weighted by atomic mass is 10.1. The van der Waals surface area contributed by atoms with Crippen LogP contribution in [0.25, 0.3) is 10.8 Å². The highest BCUT2D eigenvalue weighted by atomic mass is 32.2. The van der Waals surface area contributed by atoms with Crippen LogP contribution in [0.1, 0.15) is 0 Å². The van der Waals surface area contributed by atoms with Crippen molar-refractivity contribution in [2.75, 3.05) is 29.5 Å². The van der Waals surface area contributed by atoms with E-state index < -0.39 is 10.0 Å². The minimum absolute atomic E-state index is 0.148. The molecule has 0 unspecified atom stereocenters. The topological polar surface area (TPSA) is 75.7 Å². The molecule has 0 radical (unpaired) electrons. The molecule has 1 amide bonds. The molecule has 0 bridgehead atoms. The zero-order valence-corrected chi connectivity index (χ0v) is 15.9. The normalized spacial score (nSPS) is 11.2. The van der Waals surface area contributed by atoms with Crippen molar-refractivity contribution in [2.24, 2.45) is 0 Å². The van der Waals surface area contributed by atoms with Crippen LogP contribution in [0.2, 0.25) is 0 Å². The largest absolute Gasteiger partial charge is 0.484 e. The maximum Gasteiger partial charge on any atom is 0.262 e. The summed E-state index contributed by atoms with van der Waals surface area (Å²) < 4.78 is 30.0. The third-order valence-corrected chi connectivity index (χ3v) is 5.29. The van der Waals surface area contributed by atoms with Crippen LogP contribution < -0.4 is 14.4 Å². The Morgan fingerprint density at radius 2 is 1.74 bits per heavy atom. The average Bonchev–Trinajstić information content (AvgIpc) is 2.65. The molecule has 27 heavy (non-hydrogen) atoms. The Morgan fingerprint density at radius 3 is 2.48 bits per heavy atom. The molecule has 0 aliphatic rings. The molecule has 0 aliphatic carbocycles. The van der Waals surface area contributed by atoms with E-state index >= 15 is 0 Å². The van der Waals surface area contributed by atoms with Crippen molar-refractivity contribution in [3.05, 3.63) is 66.7 Å². The lowest BCUT2D eigenvalue weighted by molar-refractivity contribution is -0.118. The molecule has 0 atom stereocenters. The number of ether oxygens (including phenoxy) is 1. The summed E-state index contributed by atoms with van der Waals surface area (Å²) in [5.74, 6) is 0.275. The predicted octanol–water partition coefficient (Wildman–Crippen LogP) is 3.25. The van der Waals surface area contributed by atoms with E-state index in [2.05, 4.69) is 5.32 Å². The van der Waals surface area contributed by atoms with Gasteiger partial charge in [0.05, 0.1) is 11.9 Å². The van der Waals surface area contributed by atoms with Crippen LogP contribution in [-0.2, 0) is 14.8 Å². The fourth-order valence-corrected chi connectivity index (χ4v) is 3.07. The van der Waals surface area contributed by atoms with Crippen molar-refractivity contribution < 1.29 is 17.9 Å². The standard InChI is InChI=1S/C20H20N2O4S/c1-22(27(2,24)25)18-9-5-8-17(13-18)21-20(23)14-26-19-11-10-15-6-3-4-7-16(15)12-19/h3-13H,14H2,1-2H3,(H,21,23). The number of hydrogen-bond donors (Lipinski definition) is 1. The minimum Gasteiger partial charge on any atom is -0.484 e. The highest BCUT2D eigenvalue weighted by Crippen LogP contribution is 2.22. The Balaban J connectivity index is 1.63. The molecule has 0 aromatic heterocycles. The van der Waals surface area contributed by atoms with Crippen molar-refractivity contribution in [1.29, 1.82) is 0 Å². The second-order valence-electron chi connectivity index (χ2n) is 6.13. The van der Waals surface area contributed by atoms with Crippen LogP contribution in [0.4, 0.5) is 11.4 Å². The molecule has 0 aliphatic heterocycles. The molecule has 6 nitrogen and oxygen atoms in total. The third-order valence-electron chi connectivity index (χ3n) is 4.08. The zero-order valence-electron chi connectivity index (χ0n) is 15.0. The molecule has 3 aromatic rings. The first kappa shape index (κ1) is 18.7. The van der Waals surface area contributed by atoms with Gasteiger partial charge in [-0.1, -0.05) is 36.4 Å². The minimum atomic E-state index is -3.37. The first-order valence-corrected chi connectivity index (χ1v) is 10.1. The monoisotopic (exact) mass is 384 g/mol. The smallest absolute Gasteiger partial charge is 0.262 e. The number of carbonyl (C=O) groups excluding carboxylic acids is 1. The van der Waals surface area contributed by atoms with Crippen LogP contribution >= 0.6 is 0 Å². The van der Waals surface area contributed by atoms with Crippen molar-refractivity contribution in [3.63, 3.8) is 0 Å². The predicted molar refractivity (Wildman–Crippen MR) is 108 cm³/mol. The summed E-state index contributed by atoms with van der Waals surface area (Å²) in [5, 5.41) is 4.84. The maximum absolute atomic E-state index is 12.2. The quantitative estimate of drug-likeness (QED) is 0.708. The van der Waals surface area contributed by atoms with E-state index in [0.29, 0.717) is 17.1 Å². The molecule has 140 valence electrons. The van der Waals surface area contributed by atoms with Gasteiger partial charge in [-0.25, -0.2) is 8.42 Å². The summed E-state index contributed by atoms with van der Waals surface area (Å²) in [6, 6.07) is 20.1. The molecule has 1 N–H and O–H groups in total. The molecular weight excluding hydrogens is 364 g/mol. The fraction of sp³-hybridized carbons (Fsp3) is 0.150. The molecule has 0 spiro atoms. The van der Waals surface area contributed by atoms with Gasteiger partial charge in [0.2, 0.25) is 10.0 Å². The fourth-order valence-electron chi connectivity index (χ4n) is 2.57. The Hall–Kier alpha value is -3.06. The Labute approximate surface area is 158 Å². The van der Waals surface area contributed by atoms with E-state index in [4.69, 9.17) is 4.74 Å². The number of rotatable bonds is 6. The lowest BCUT2D eigenvalue weighted by Crippen LogP contribution is -2.25. The molecular formula is C20H20N2O4S. The number of anilines is 2. The summed E-state index contributed by atoms with van der Waals surface area (Å²) in [4.78, 5) is 12.2. The van der Waals surface area contributed by atoms with E-state index in [1.54, 1.807) is 24.3 Å². The van der Waals surface area contributed by atoms with Gasteiger partial charge in [-0.15, -0.1) is 0 Å². The number of fused-ring (bicyclic) bond motifs is 1. The number of nitrogens with zero attached hydrogens (tertiary/aromatic N) is 1. The summed E-state index contributed by atoms with van der Waals surface area (Å²) in [5.41, 5.74) is 0.959. The Kier molecular flexibility index (Phi) is 5.32. The number of sulfonamides is 1. The average molecular weight is 384 g/mol. The number of benzene rings is 3. The van der Waals surface area contributed by atoms with Gasteiger partial charge >= 0.3 is 0 Å². The van der Waals surface area contributed by atoms with Crippen LogP contribution in [-0.4, -0.2) is 34.2 Å². The van der Waals surface area contributed by atoms with Crippen molar-refractivity contribution >= 4 is 38.1 Å². The van der Waals surface area contributed by atoms with E-state index in [0.717, 1.165) is 21.3 Å². The van der Waals surface area contributed by atoms with E-state index in [-0.39, 0.29) is 12.5 Å². The molecule has 0 saturated carbocycles. The molecule has 7 heteroatoms. The zero-order chi connectivity index (χ0) is 19.4. The van der Waals surface area contributed by atoms with E-state index in [1.165, 1.54) is 7.05 Å². The second-order valence-corrected chi connectivity index (χ2v) is 8.14. The summed E-state index contributed by atoms with van der Waals surface area (Å²) in [7, 11) is -1.91. The van der Waals surface area contributed by atoms with E-state index in [1.807, 2.05) is 42.5 Å². The van der Waals surface area contributed by atoms with Gasteiger partial charge in [-0.2, -0.15) is 0 Å². The van der Waals surface area contributed by atoms with Gasteiger partial charge in [0.25, 0.3) is 5.91 Å². The van der Waals surface area contributed by atoms with Gasteiger partial charge in [0.15, 0.2) is 6.61 Å². The summed E-state index contributed by atoms with van der Waals surface area (Å²) >= 11 is 0. The number of amides is 1. The van der Waals surface area contributed by atoms with Crippen LogP contribution in [0.5, 0.6) is 5.75 Å². The second kappa shape index (κ2) is 7.67. The van der Waals surface area contributed by atoms with Crippen molar-refractivity contribution in [1.82, 2.24) is 0 Å². The van der Waals surface area contributed by atoms with Gasteiger partial charge < -0.3 is 10.1 Å². The Bertz CT molecular complexity index is 1080. The molecule has 0 saturated heterocycles. The van der Waals surface area contributed by atoms with Gasteiger partial charge in [0, 0.05) is 12.7 Å². The van der Waals surface area contributed by atoms with Crippen molar-refractivity contribution in [2.45, 2.75) is 0 Å². The van der Waals surface area contributed by atoms with Gasteiger partial charge in [0.1, 0.15) is 5.75 Å². The van der Waals surface area contributed by atoms with Crippen LogP contribution in [0, 0.1) is 0 Å². The highest BCUT2D eigenvalue weighted by molar-refractivity contribution is 7.92. The summed E-state index contributed by atoms with van der Waals surface area (Å²) in [6.45, 7) is -0.148. The van der Waals surface area contributed by atoms with Crippen LogP contribution in [0.3, 0.4) is 0 Å². The van der Waals surface area contributed by atoms with Gasteiger partial charge in [-0.05, 0) is 41.1 Å². The van der Waals surface area contributed by atoms with Gasteiger partial charge in [-0.3, -0.25) is 9.10 Å². The first-order valence-electron chi connectivity index (χ1n) is 8.28. The highest BCUT2D eigenvalue weighted by Gasteiger charge is 2.13. The van der Waals surface area contributed by atoms with E-state index in [9.17, 15) is 13.2 Å². The number of nitrogens with one attached hydrogen (secondary N) is 1. The first-order chi connectivity index (χ1) is 12.8. The third kappa shape index (κ3) is 4.77.